The van der Waals surface area contributed by atoms with Crippen molar-refractivity contribution in [3.63, 3.8) is 0 Å². The van der Waals surface area contributed by atoms with Crippen LogP contribution in [0.5, 0.6) is 0 Å². The largest absolute Gasteiger partial charge is 0.375 e. The van der Waals surface area contributed by atoms with Gasteiger partial charge in [0.2, 0.25) is 11.8 Å². The van der Waals surface area contributed by atoms with Crippen molar-refractivity contribution in [2.24, 2.45) is 0 Å². The van der Waals surface area contributed by atoms with Crippen LogP contribution in [0.1, 0.15) is 24.0 Å². The Morgan fingerprint density at radius 3 is 1.55 bits per heavy atom. The number of amides is 4. The number of hydrogen-bond donors (Lipinski definition) is 4. The number of aliphatic hydroxyl groups is 2. The Kier molecular flexibility index (Phi) is 2.91. The van der Waals surface area contributed by atoms with Gasteiger partial charge in [0.15, 0.2) is 11.2 Å². The molecule has 8 heteroatoms. The first-order chi connectivity index (χ1) is 10.3. The van der Waals surface area contributed by atoms with Crippen molar-refractivity contribution < 1.29 is 29.4 Å². The molecular formula is C14H12N2O6. The lowest BCUT2D eigenvalue weighted by atomic mass is 9.85. The van der Waals surface area contributed by atoms with Crippen molar-refractivity contribution in [1.29, 1.82) is 0 Å². The summed E-state index contributed by atoms with van der Waals surface area (Å²) in [7, 11) is 0. The summed E-state index contributed by atoms with van der Waals surface area (Å²) < 4.78 is 0. The zero-order valence-corrected chi connectivity index (χ0v) is 11.3. The Labute approximate surface area is 124 Å². The quantitative estimate of drug-likeness (QED) is 0.474. The second kappa shape index (κ2) is 4.46. The van der Waals surface area contributed by atoms with E-state index in [1.165, 1.54) is 24.3 Å². The molecule has 2 saturated heterocycles. The second-order valence-electron chi connectivity index (χ2n) is 5.41. The molecule has 0 aliphatic carbocycles. The predicted octanol–water partition coefficient (Wildman–Crippen LogP) is -1.85. The fourth-order valence-corrected chi connectivity index (χ4v) is 2.67. The van der Waals surface area contributed by atoms with Crippen LogP contribution in [-0.2, 0) is 30.4 Å². The zero-order valence-electron chi connectivity index (χ0n) is 11.3. The Balaban J connectivity index is 2.04. The number of nitrogens with one attached hydrogen (secondary N) is 2. The molecule has 22 heavy (non-hydrogen) atoms. The number of imide groups is 2. The molecule has 4 amide bonds. The number of carbonyl (C=O) groups is 4. The van der Waals surface area contributed by atoms with Crippen LogP contribution in [0.2, 0.25) is 0 Å². The van der Waals surface area contributed by atoms with Crippen molar-refractivity contribution in [3.05, 3.63) is 35.4 Å². The van der Waals surface area contributed by atoms with E-state index in [2.05, 4.69) is 0 Å². The molecule has 0 aromatic heterocycles. The average molecular weight is 304 g/mol. The second-order valence-corrected chi connectivity index (χ2v) is 5.41. The number of benzene rings is 1. The summed E-state index contributed by atoms with van der Waals surface area (Å²) in [6.45, 7) is 0. The van der Waals surface area contributed by atoms with Gasteiger partial charge in [-0.3, -0.25) is 29.8 Å². The van der Waals surface area contributed by atoms with Gasteiger partial charge in [0.25, 0.3) is 11.8 Å². The van der Waals surface area contributed by atoms with Crippen molar-refractivity contribution in [1.82, 2.24) is 10.6 Å². The van der Waals surface area contributed by atoms with E-state index in [0.29, 0.717) is 0 Å². The number of rotatable bonds is 2. The van der Waals surface area contributed by atoms with Crippen LogP contribution in [0.15, 0.2) is 24.3 Å². The maximum absolute atomic E-state index is 11.8. The molecule has 0 radical (unpaired) electrons. The van der Waals surface area contributed by atoms with Gasteiger partial charge in [-0.2, -0.15) is 0 Å². The van der Waals surface area contributed by atoms with E-state index in [4.69, 9.17) is 0 Å². The molecule has 2 aliphatic heterocycles. The van der Waals surface area contributed by atoms with Crippen LogP contribution in [-0.4, -0.2) is 33.8 Å². The summed E-state index contributed by atoms with van der Waals surface area (Å²) in [5, 5.41) is 24.8. The van der Waals surface area contributed by atoms with E-state index in [0.717, 1.165) is 0 Å². The van der Waals surface area contributed by atoms with Crippen LogP contribution in [0, 0.1) is 0 Å². The van der Waals surface area contributed by atoms with E-state index < -0.39 is 47.7 Å². The highest BCUT2D eigenvalue weighted by molar-refractivity contribution is 6.09. The lowest BCUT2D eigenvalue weighted by Gasteiger charge is -2.23. The van der Waals surface area contributed by atoms with Gasteiger partial charge in [-0.25, -0.2) is 0 Å². The highest BCUT2D eigenvalue weighted by atomic mass is 16.3. The van der Waals surface area contributed by atoms with Crippen molar-refractivity contribution in [2.45, 2.75) is 24.0 Å². The fraction of sp³-hybridized carbons (Fsp3) is 0.286. The highest BCUT2D eigenvalue weighted by Gasteiger charge is 2.49. The topological polar surface area (TPSA) is 133 Å². The number of carbonyl (C=O) groups excluding carboxylic acids is 4. The summed E-state index contributed by atoms with van der Waals surface area (Å²) in [5.74, 6) is -2.97. The fourth-order valence-electron chi connectivity index (χ4n) is 2.67. The summed E-state index contributed by atoms with van der Waals surface area (Å²) in [5.41, 5.74) is -3.98. The maximum atomic E-state index is 11.8. The molecule has 2 unspecified atom stereocenters. The lowest BCUT2D eigenvalue weighted by Crippen LogP contribution is -2.37. The molecule has 4 N–H and O–H groups in total. The van der Waals surface area contributed by atoms with Crippen LogP contribution < -0.4 is 10.6 Å². The van der Waals surface area contributed by atoms with Gasteiger partial charge in [0.1, 0.15) is 0 Å². The first kappa shape index (κ1) is 14.4. The molecule has 114 valence electrons. The molecule has 0 saturated carbocycles. The summed E-state index contributed by atoms with van der Waals surface area (Å²) in [6, 6.07) is 5.47. The van der Waals surface area contributed by atoms with Gasteiger partial charge >= 0.3 is 0 Å². The predicted molar refractivity (Wildman–Crippen MR) is 69.8 cm³/mol. The summed E-state index contributed by atoms with van der Waals surface area (Å²) in [6.07, 6.45) is -0.891. The van der Waals surface area contributed by atoms with Crippen LogP contribution in [0.4, 0.5) is 0 Å². The van der Waals surface area contributed by atoms with Crippen molar-refractivity contribution >= 4 is 23.6 Å². The van der Waals surface area contributed by atoms with E-state index in [9.17, 15) is 29.4 Å². The van der Waals surface area contributed by atoms with Crippen molar-refractivity contribution in [2.75, 3.05) is 0 Å². The first-order valence-corrected chi connectivity index (χ1v) is 6.50. The Morgan fingerprint density at radius 2 is 1.23 bits per heavy atom. The molecular weight excluding hydrogens is 292 g/mol. The minimum atomic E-state index is -2.05. The highest BCUT2D eigenvalue weighted by Crippen LogP contribution is 2.34. The Morgan fingerprint density at radius 1 is 0.818 bits per heavy atom. The Bertz CT molecular complexity index is 673. The van der Waals surface area contributed by atoms with Gasteiger partial charge in [-0.05, 0) is 17.2 Å². The third-order valence-corrected chi connectivity index (χ3v) is 3.91. The standard InChI is InChI=1S/C14H12N2O6/c17-9-5-13(21,11(19)15-9)7-2-1-3-8(4-7)14(22)6-10(18)16-12(14)20/h1-4,21-22H,5-6H2,(H,15,17,19)(H,16,18,20). The Hall–Kier alpha value is -2.58. The SMILES string of the molecule is O=C1CC(O)(c2cccc(C3(O)CC(=O)NC3=O)c2)C(=O)N1. The van der Waals surface area contributed by atoms with Gasteiger partial charge in [0.05, 0.1) is 12.8 Å². The molecule has 1 aromatic carbocycles. The van der Waals surface area contributed by atoms with Gasteiger partial charge in [-0.15, -0.1) is 0 Å². The summed E-state index contributed by atoms with van der Waals surface area (Å²) >= 11 is 0. The average Bonchev–Trinajstić information content (AvgIpc) is 2.87. The molecule has 2 aliphatic rings. The molecule has 2 fully saturated rings. The summed E-state index contributed by atoms with van der Waals surface area (Å²) in [4.78, 5) is 46.1. The van der Waals surface area contributed by atoms with Gasteiger partial charge < -0.3 is 10.2 Å². The van der Waals surface area contributed by atoms with Crippen LogP contribution >= 0.6 is 0 Å². The van der Waals surface area contributed by atoms with Crippen LogP contribution in [0.25, 0.3) is 0 Å². The van der Waals surface area contributed by atoms with E-state index in [-0.39, 0.29) is 11.1 Å². The minimum absolute atomic E-state index is 0.0638. The van der Waals surface area contributed by atoms with E-state index in [1.54, 1.807) is 0 Å². The maximum Gasteiger partial charge on any atom is 0.263 e. The van der Waals surface area contributed by atoms with Gasteiger partial charge in [-0.1, -0.05) is 18.2 Å². The molecule has 8 nitrogen and oxygen atoms in total. The van der Waals surface area contributed by atoms with E-state index in [1.807, 2.05) is 10.6 Å². The van der Waals surface area contributed by atoms with Gasteiger partial charge in [0, 0.05) is 0 Å². The third-order valence-electron chi connectivity index (χ3n) is 3.91. The van der Waals surface area contributed by atoms with Crippen molar-refractivity contribution in [3.8, 4) is 0 Å². The minimum Gasteiger partial charge on any atom is -0.375 e. The lowest BCUT2D eigenvalue weighted by molar-refractivity contribution is -0.136. The van der Waals surface area contributed by atoms with E-state index >= 15 is 0 Å². The molecule has 3 rings (SSSR count). The molecule has 0 spiro atoms. The first-order valence-electron chi connectivity index (χ1n) is 6.50. The third kappa shape index (κ3) is 1.92. The molecule has 1 aromatic rings. The molecule has 2 atom stereocenters. The zero-order chi connectivity index (χ0) is 16.1. The van der Waals surface area contributed by atoms with Crippen LogP contribution in [0.3, 0.4) is 0 Å². The monoisotopic (exact) mass is 304 g/mol. The molecule has 2 heterocycles. The normalized spacial score (nSPS) is 31.4. The smallest absolute Gasteiger partial charge is 0.263 e. The number of hydrogen-bond acceptors (Lipinski definition) is 6. The molecule has 0 bridgehead atoms.